The zero-order valence-electron chi connectivity index (χ0n) is 10.4. The van der Waals surface area contributed by atoms with E-state index in [0.29, 0.717) is 6.61 Å². The zero-order chi connectivity index (χ0) is 13.5. The topological polar surface area (TPSA) is 71.5 Å². The van der Waals surface area contributed by atoms with Gasteiger partial charge in [-0.2, -0.15) is 4.37 Å². The summed E-state index contributed by atoms with van der Waals surface area (Å²) in [6.07, 6.45) is 0. The highest BCUT2D eigenvalue weighted by atomic mass is 32.1. The number of carboxylic acid groups (broad SMARTS) is 1. The van der Waals surface area contributed by atoms with E-state index >= 15 is 0 Å². The first kappa shape index (κ1) is 12.4. The van der Waals surface area contributed by atoms with Gasteiger partial charge in [0.05, 0.1) is 24.8 Å². The molecule has 0 spiro atoms. The minimum atomic E-state index is -0.898. The molecule has 5 nitrogen and oxygen atoms in total. The average Bonchev–Trinajstić information content (AvgIpc) is 2.97. The molecule has 1 aromatic carbocycles. The number of nitrogens with zero attached hydrogens (tertiary/aromatic N) is 1. The fourth-order valence-electron chi connectivity index (χ4n) is 2.24. The number of rotatable bonds is 3. The van der Waals surface area contributed by atoms with E-state index in [1.165, 1.54) is 11.5 Å². The molecule has 2 N–H and O–H groups in total. The Hall–Kier alpha value is -1.66. The molecule has 0 bridgehead atoms. The summed E-state index contributed by atoms with van der Waals surface area (Å²) in [6, 6.07) is 7.57. The maximum absolute atomic E-state index is 11.4. The number of nitrogens with one attached hydrogen (secondary N) is 1. The molecule has 2 heterocycles. The van der Waals surface area contributed by atoms with Gasteiger partial charge in [-0.3, -0.25) is 4.79 Å². The van der Waals surface area contributed by atoms with Gasteiger partial charge in [-0.1, -0.05) is 12.1 Å². The second kappa shape index (κ2) is 4.47. The Morgan fingerprint density at radius 2 is 2.37 bits per heavy atom. The summed E-state index contributed by atoms with van der Waals surface area (Å²) in [5, 5.41) is 14.6. The second-order valence-corrected chi connectivity index (χ2v) is 5.74. The highest BCUT2D eigenvalue weighted by Crippen LogP contribution is 2.35. The van der Waals surface area contributed by atoms with Crippen LogP contribution < -0.4 is 5.32 Å². The molecule has 1 aromatic heterocycles. The first-order chi connectivity index (χ1) is 9.11. The molecule has 1 saturated heterocycles. The lowest BCUT2D eigenvalue weighted by Gasteiger charge is -2.25. The van der Waals surface area contributed by atoms with Gasteiger partial charge in [-0.15, -0.1) is 0 Å². The molecule has 3 rings (SSSR count). The van der Waals surface area contributed by atoms with E-state index in [0.717, 1.165) is 15.9 Å². The predicted molar refractivity (Wildman–Crippen MR) is 73.6 cm³/mol. The largest absolute Gasteiger partial charge is 0.481 e. The van der Waals surface area contributed by atoms with Gasteiger partial charge in [-0.05, 0) is 30.6 Å². The number of hydrogen-bond acceptors (Lipinski definition) is 5. The molecule has 100 valence electrons. The highest BCUT2D eigenvalue weighted by molar-refractivity contribution is 7.11. The predicted octanol–water partition coefficient (Wildman–Crippen LogP) is 2.20. The van der Waals surface area contributed by atoms with Gasteiger partial charge in [0.2, 0.25) is 0 Å². The van der Waals surface area contributed by atoms with Crippen LogP contribution in [0, 0.1) is 5.41 Å². The molecule has 6 heteroatoms. The highest BCUT2D eigenvalue weighted by Gasteiger charge is 2.47. The zero-order valence-corrected chi connectivity index (χ0v) is 11.2. The van der Waals surface area contributed by atoms with Crippen molar-refractivity contribution < 1.29 is 14.6 Å². The standard InChI is InChI=1S/C13H14N2O3S/c1-13(12(16)17)7-18-6-10(13)14-11-8-4-2-3-5-9(8)15-19-11/h2-5,10,14H,6-7H2,1H3,(H,16,17). The van der Waals surface area contributed by atoms with Gasteiger partial charge in [0.15, 0.2) is 0 Å². The van der Waals surface area contributed by atoms with E-state index in [2.05, 4.69) is 9.69 Å². The molecular formula is C13H14N2O3S. The first-order valence-electron chi connectivity index (χ1n) is 6.03. The molecular weight excluding hydrogens is 264 g/mol. The third-order valence-corrected chi connectivity index (χ3v) is 4.44. The van der Waals surface area contributed by atoms with E-state index in [1.54, 1.807) is 6.92 Å². The van der Waals surface area contributed by atoms with E-state index < -0.39 is 11.4 Å². The maximum atomic E-state index is 11.4. The third-order valence-electron chi connectivity index (χ3n) is 3.63. The van der Waals surface area contributed by atoms with Gasteiger partial charge in [0.25, 0.3) is 0 Å². The molecule has 2 unspecified atom stereocenters. The molecule has 1 fully saturated rings. The van der Waals surface area contributed by atoms with Gasteiger partial charge in [-0.25, -0.2) is 0 Å². The molecule has 1 aliphatic rings. The van der Waals surface area contributed by atoms with Crippen LogP contribution in [0.15, 0.2) is 24.3 Å². The van der Waals surface area contributed by atoms with Crippen LogP contribution in [0.2, 0.25) is 0 Å². The van der Waals surface area contributed by atoms with E-state index in [-0.39, 0.29) is 12.6 Å². The molecule has 0 aliphatic carbocycles. The molecule has 0 saturated carbocycles. The average molecular weight is 278 g/mol. The number of benzene rings is 1. The number of carbonyl (C=O) groups is 1. The Morgan fingerprint density at radius 1 is 1.58 bits per heavy atom. The van der Waals surface area contributed by atoms with Gasteiger partial charge in [0, 0.05) is 5.39 Å². The monoisotopic (exact) mass is 278 g/mol. The van der Waals surface area contributed by atoms with Crippen molar-refractivity contribution in [1.29, 1.82) is 0 Å². The minimum Gasteiger partial charge on any atom is -0.481 e. The van der Waals surface area contributed by atoms with Crippen LogP contribution in [0.5, 0.6) is 0 Å². The Balaban J connectivity index is 1.91. The lowest BCUT2D eigenvalue weighted by Crippen LogP contribution is -2.43. The van der Waals surface area contributed by atoms with Crippen LogP contribution in [0.1, 0.15) is 6.92 Å². The number of anilines is 1. The van der Waals surface area contributed by atoms with E-state index in [4.69, 9.17) is 4.74 Å². The SMILES string of the molecule is CC1(C(=O)O)COCC1Nc1snc2ccccc12. The quantitative estimate of drug-likeness (QED) is 0.900. The fourth-order valence-corrected chi connectivity index (χ4v) is 3.05. The number of aromatic nitrogens is 1. The number of fused-ring (bicyclic) bond motifs is 1. The third kappa shape index (κ3) is 1.97. The minimum absolute atomic E-state index is 0.233. The normalized spacial score (nSPS) is 26.7. The number of hydrogen-bond donors (Lipinski definition) is 2. The Morgan fingerprint density at radius 3 is 3.16 bits per heavy atom. The van der Waals surface area contributed by atoms with Crippen molar-refractivity contribution >= 4 is 33.4 Å². The summed E-state index contributed by atoms with van der Waals surface area (Å²) in [5.74, 6) is -0.837. The van der Waals surface area contributed by atoms with E-state index in [9.17, 15) is 9.90 Å². The lowest BCUT2D eigenvalue weighted by molar-refractivity contribution is -0.148. The molecule has 0 amide bonds. The second-order valence-electron chi connectivity index (χ2n) is 4.96. The molecule has 1 aliphatic heterocycles. The van der Waals surface area contributed by atoms with Crippen LogP contribution in [-0.4, -0.2) is 34.7 Å². The first-order valence-corrected chi connectivity index (χ1v) is 6.81. The summed E-state index contributed by atoms with van der Waals surface area (Å²) in [4.78, 5) is 11.4. The smallest absolute Gasteiger partial charge is 0.313 e. The number of aliphatic carboxylic acids is 1. The van der Waals surface area contributed by atoms with E-state index in [1.807, 2.05) is 24.3 Å². The van der Waals surface area contributed by atoms with Crippen LogP contribution in [0.25, 0.3) is 10.9 Å². The van der Waals surface area contributed by atoms with Crippen LogP contribution in [0.3, 0.4) is 0 Å². The number of carboxylic acids is 1. The maximum Gasteiger partial charge on any atom is 0.313 e. The molecule has 0 radical (unpaired) electrons. The summed E-state index contributed by atoms with van der Waals surface area (Å²) in [7, 11) is 0. The Bertz CT molecular complexity index is 627. The molecule has 2 aromatic rings. The summed E-state index contributed by atoms with van der Waals surface area (Å²) >= 11 is 1.35. The van der Waals surface area contributed by atoms with Crippen LogP contribution >= 0.6 is 11.5 Å². The van der Waals surface area contributed by atoms with Crippen molar-refractivity contribution in [2.45, 2.75) is 13.0 Å². The lowest BCUT2D eigenvalue weighted by atomic mass is 9.85. The van der Waals surface area contributed by atoms with Gasteiger partial charge < -0.3 is 15.2 Å². The number of ether oxygens (including phenoxy) is 1. The van der Waals surface area contributed by atoms with Crippen LogP contribution in [0.4, 0.5) is 5.00 Å². The Labute approximate surface area is 114 Å². The molecule has 19 heavy (non-hydrogen) atoms. The summed E-state index contributed by atoms with van der Waals surface area (Å²) < 4.78 is 9.68. The van der Waals surface area contributed by atoms with Crippen LogP contribution in [-0.2, 0) is 9.53 Å². The van der Waals surface area contributed by atoms with Crippen molar-refractivity contribution in [2.75, 3.05) is 18.5 Å². The van der Waals surface area contributed by atoms with Crippen molar-refractivity contribution in [1.82, 2.24) is 4.37 Å². The fraction of sp³-hybridized carbons (Fsp3) is 0.385. The molecule has 2 atom stereocenters. The van der Waals surface area contributed by atoms with Gasteiger partial charge in [0.1, 0.15) is 10.4 Å². The van der Waals surface area contributed by atoms with Crippen molar-refractivity contribution in [2.24, 2.45) is 5.41 Å². The van der Waals surface area contributed by atoms with Crippen molar-refractivity contribution in [3.8, 4) is 0 Å². The van der Waals surface area contributed by atoms with Crippen molar-refractivity contribution in [3.63, 3.8) is 0 Å². The summed E-state index contributed by atoms with van der Waals surface area (Å²) in [5.41, 5.74) is 0.0244. The van der Waals surface area contributed by atoms with Crippen molar-refractivity contribution in [3.05, 3.63) is 24.3 Å². The summed E-state index contributed by atoms with van der Waals surface area (Å²) in [6.45, 7) is 2.34. The van der Waals surface area contributed by atoms with Gasteiger partial charge >= 0.3 is 5.97 Å². The Kier molecular flexibility index (Phi) is 2.91.